The number of rotatable bonds is 8. The van der Waals surface area contributed by atoms with E-state index in [4.69, 9.17) is 11.5 Å². The number of nitrogens with two attached hydrogens (primary N) is 3. The van der Waals surface area contributed by atoms with Crippen LogP contribution < -0.4 is 17.2 Å². The van der Waals surface area contributed by atoms with Crippen molar-refractivity contribution in [3.63, 3.8) is 0 Å². The highest BCUT2D eigenvalue weighted by molar-refractivity contribution is 5.82. The normalized spacial score (nSPS) is 13.8. The Morgan fingerprint density at radius 2 is 1.26 bits per heavy atom. The third kappa shape index (κ3) is 14.9. The van der Waals surface area contributed by atoms with E-state index < -0.39 is 0 Å². The zero-order chi connectivity index (χ0) is 48.3. The summed E-state index contributed by atoms with van der Waals surface area (Å²) in [4.78, 5) is 0. The van der Waals surface area contributed by atoms with E-state index in [1.165, 1.54) is 69.1 Å². The van der Waals surface area contributed by atoms with Gasteiger partial charge in [-0.25, -0.2) is 0 Å². The number of fused-ring (bicyclic) bond motifs is 3. The average Bonchev–Trinajstić information content (AvgIpc) is 3.40. The van der Waals surface area contributed by atoms with Crippen LogP contribution in [0.1, 0.15) is 157 Å². The van der Waals surface area contributed by atoms with E-state index >= 15 is 0 Å². The van der Waals surface area contributed by atoms with Crippen LogP contribution in [0, 0.1) is 6.92 Å². The molecule has 1 atom stereocenters. The first kappa shape index (κ1) is 55.4. The third-order valence-corrected chi connectivity index (χ3v) is 11.5. The van der Waals surface area contributed by atoms with Crippen molar-refractivity contribution in [3.05, 3.63) is 213 Å². The largest absolute Gasteiger partial charge is 0.402 e. The van der Waals surface area contributed by atoms with E-state index in [-0.39, 0.29) is 6.04 Å². The monoisotopic (exact) mass is 870 g/mol. The first-order chi connectivity index (χ1) is 31.8. The Kier molecular flexibility index (Phi) is 25.9. The molecular formula is C62H83N3. The van der Waals surface area contributed by atoms with E-state index in [0.29, 0.717) is 0 Å². The fraction of sp³-hybridized carbons (Fsp3) is 0.323. The fourth-order valence-corrected chi connectivity index (χ4v) is 8.44. The summed E-state index contributed by atoms with van der Waals surface area (Å²) in [6.07, 6.45) is 19.4. The summed E-state index contributed by atoms with van der Waals surface area (Å²) >= 11 is 0. The van der Waals surface area contributed by atoms with Crippen molar-refractivity contribution in [2.75, 3.05) is 7.05 Å². The molecule has 5 aromatic carbocycles. The molecule has 65 heavy (non-hydrogen) atoms. The van der Waals surface area contributed by atoms with Gasteiger partial charge in [0.1, 0.15) is 0 Å². The molecule has 5 aromatic rings. The van der Waals surface area contributed by atoms with Crippen molar-refractivity contribution in [3.8, 4) is 11.1 Å². The second-order valence-electron chi connectivity index (χ2n) is 15.1. The van der Waals surface area contributed by atoms with Crippen LogP contribution in [0.15, 0.2) is 162 Å². The first-order valence-corrected chi connectivity index (χ1v) is 24.5. The van der Waals surface area contributed by atoms with E-state index in [0.717, 1.165) is 60.9 Å². The number of allylic oxidation sites excluding steroid dienone is 9. The summed E-state index contributed by atoms with van der Waals surface area (Å²) in [6, 6.07) is 40.4. The molecule has 0 heterocycles. The lowest BCUT2D eigenvalue weighted by Gasteiger charge is -2.27. The van der Waals surface area contributed by atoms with Gasteiger partial charge < -0.3 is 17.2 Å². The van der Waals surface area contributed by atoms with Crippen LogP contribution in [0.2, 0.25) is 0 Å². The van der Waals surface area contributed by atoms with Crippen LogP contribution >= 0.6 is 0 Å². The second kappa shape index (κ2) is 30.4. The highest BCUT2D eigenvalue weighted by Crippen LogP contribution is 2.41. The van der Waals surface area contributed by atoms with Gasteiger partial charge in [-0.3, -0.25) is 0 Å². The molecule has 0 saturated heterocycles. The lowest BCUT2D eigenvalue weighted by Crippen LogP contribution is -2.11. The minimum atomic E-state index is -0.0835. The molecule has 346 valence electrons. The van der Waals surface area contributed by atoms with E-state index in [2.05, 4.69) is 141 Å². The molecule has 0 spiro atoms. The van der Waals surface area contributed by atoms with Crippen LogP contribution in [0.4, 0.5) is 0 Å². The van der Waals surface area contributed by atoms with Crippen molar-refractivity contribution in [1.29, 1.82) is 0 Å². The van der Waals surface area contributed by atoms with Gasteiger partial charge in [-0.1, -0.05) is 202 Å². The summed E-state index contributed by atoms with van der Waals surface area (Å²) in [6.45, 7) is 26.4. The van der Waals surface area contributed by atoms with Gasteiger partial charge in [-0.2, -0.15) is 0 Å². The van der Waals surface area contributed by atoms with Crippen LogP contribution in [-0.2, 0) is 12.8 Å². The Bertz CT molecular complexity index is 2350. The second-order valence-corrected chi connectivity index (χ2v) is 15.1. The molecule has 0 aliphatic heterocycles. The molecule has 1 unspecified atom stereocenters. The van der Waals surface area contributed by atoms with Crippen LogP contribution in [-0.4, -0.2) is 7.05 Å². The van der Waals surface area contributed by atoms with Crippen molar-refractivity contribution in [2.45, 2.75) is 127 Å². The molecule has 0 aromatic heterocycles. The summed E-state index contributed by atoms with van der Waals surface area (Å²) in [7, 11) is 1.50. The summed E-state index contributed by atoms with van der Waals surface area (Å²) in [5, 5.41) is 0. The molecule has 3 aliphatic rings. The molecular weight excluding hydrogens is 787 g/mol. The van der Waals surface area contributed by atoms with Gasteiger partial charge in [0.05, 0.1) is 6.04 Å². The van der Waals surface area contributed by atoms with Gasteiger partial charge in [-0.15, -0.1) is 0 Å². The number of hydrogen-bond donors (Lipinski definition) is 3. The maximum atomic E-state index is 6.36. The van der Waals surface area contributed by atoms with Gasteiger partial charge in [-0.05, 0) is 167 Å². The van der Waals surface area contributed by atoms with Crippen LogP contribution in [0.25, 0.3) is 34.4 Å². The maximum Gasteiger partial charge on any atom is 0.0551 e. The lowest BCUT2D eigenvalue weighted by atomic mass is 9.78. The fourth-order valence-electron chi connectivity index (χ4n) is 8.44. The van der Waals surface area contributed by atoms with E-state index in [1.807, 2.05) is 92.7 Å². The predicted molar refractivity (Wildman–Crippen MR) is 293 cm³/mol. The molecule has 0 bridgehead atoms. The Balaban J connectivity index is 0.000000411. The first-order valence-electron chi connectivity index (χ1n) is 24.5. The quantitative estimate of drug-likeness (QED) is 0.136. The van der Waals surface area contributed by atoms with Crippen LogP contribution in [0.5, 0.6) is 0 Å². The Morgan fingerprint density at radius 1 is 0.646 bits per heavy atom. The van der Waals surface area contributed by atoms with Crippen molar-refractivity contribution < 1.29 is 0 Å². The zero-order valence-corrected chi connectivity index (χ0v) is 42.3. The topological polar surface area (TPSA) is 78.1 Å². The molecule has 3 aliphatic carbocycles. The molecule has 0 saturated carbocycles. The predicted octanol–water partition coefficient (Wildman–Crippen LogP) is 16.8. The van der Waals surface area contributed by atoms with Gasteiger partial charge in [0.25, 0.3) is 0 Å². The standard InChI is InChI=1S/C34H37N.C19H17N.4C2H6.CH5N/c1-5-24-19-27(28-12-11-22(3)33(20-28)30(6-2)23(4)35)17-18-31(24)29-16-15-26-14-13-25-9-7-8-10-32(25)34(26)21-29;20-19(16-10-5-2-6-11-16)18-13-7-12-17(14-18)15-8-3-1-4-9-15;5*1-2/h6-7,9,11-14,19-21H,2,5,8,10,15-18,35H2,1,3-4H3;1-14,19H,20H2;4*1-2H3;2H2,1H3/b30-23+;;;;;;. The average molecular weight is 870 g/mol. The summed E-state index contributed by atoms with van der Waals surface area (Å²) < 4.78 is 0. The SMILES string of the molecule is C=C/C(=C(/C)N)c1cc(C2=CC(CC)=C(C3=Cc4c(ccc5c4CCC=C5)CC3)CC2)ccc1C.CC.CC.CC.CC.CN.NC(c1ccccc1)c1cccc(-c2ccccc2)c1. The zero-order valence-electron chi connectivity index (χ0n) is 42.3. The number of hydrogen-bond acceptors (Lipinski definition) is 3. The van der Waals surface area contributed by atoms with Crippen molar-refractivity contribution in [2.24, 2.45) is 17.2 Å². The molecule has 6 N–H and O–H groups in total. The molecule has 0 fully saturated rings. The Labute approximate surface area is 396 Å². The highest BCUT2D eigenvalue weighted by Gasteiger charge is 2.23. The van der Waals surface area contributed by atoms with Crippen molar-refractivity contribution in [1.82, 2.24) is 0 Å². The van der Waals surface area contributed by atoms with E-state index in [9.17, 15) is 0 Å². The Hall–Kier alpha value is -5.74. The number of aryl methyl sites for hydroxylation is 2. The van der Waals surface area contributed by atoms with Gasteiger partial charge >= 0.3 is 0 Å². The van der Waals surface area contributed by atoms with E-state index in [1.54, 1.807) is 16.7 Å². The molecule has 3 nitrogen and oxygen atoms in total. The third-order valence-electron chi connectivity index (χ3n) is 11.5. The van der Waals surface area contributed by atoms with Gasteiger partial charge in [0, 0.05) is 5.70 Å². The van der Waals surface area contributed by atoms with Crippen molar-refractivity contribution >= 4 is 23.3 Å². The maximum absolute atomic E-state index is 6.36. The minimum Gasteiger partial charge on any atom is -0.402 e. The summed E-state index contributed by atoms with van der Waals surface area (Å²) in [5.74, 6) is 0. The summed E-state index contributed by atoms with van der Waals surface area (Å²) in [5.41, 5.74) is 39.4. The van der Waals surface area contributed by atoms with Crippen LogP contribution in [0.3, 0.4) is 0 Å². The smallest absolute Gasteiger partial charge is 0.0551 e. The number of benzene rings is 5. The Morgan fingerprint density at radius 3 is 1.89 bits per heavy atom. The van der Waals surface area contributed by atoms with Gasteiger partial charge in [0.15, 0.2) is 0 Å². The molecule has 0 amide bonds. The minimum absolute atomic E-state index is 0.0835. The molecule has 0 radical (unpaired) electrons. The molecule has 3 heteroatoms. The molecule has 8 rings (SSSR count). The highest BCUT2D eigenvalue weighted by atomic mass is 14.6. The lowest BCUT2D eigenvalue weighted by molar-refractivity contribution is 0.860. The van der Waals surface area contributed by atoms with Gasteiger partial charge in [0.2, 0.25) is 0 Å².